The molecule has 10 nitrogen and oxygen atoms in total. The van der Waals surface area contributed by atoms with Crippen LogP contribution in [0.3, 0.4) is 0 Å². The molecule has 0 aromatic heterocycles. The molecule has 330 valence electrons. The molecule has 0 aromatic rings. The molecular formula is C46H81O10P. The van der Waals surface area contributed by atoms with Crippen molar-refractivity contribution in [3.8, 4) is 0 Å². The minimum Gasteiger partial charge on any atom is -0.462 e. The summed E-state index contributed by atoms with van der Waals surface area (Å²) in [5.74, 6) is -0.991. The molecule has 57 heavy (non-hydrogen) atoms. The second kappa shape index (κ2) is 41.8. The molecule has 0 rings (SSSR count). The lowest BCUT2D eigenvalue weighted by Gasteiger charge is -2.20. The van der Waals surface area contributed by atoms with Crippen LogP contribution in [0.25, 0.3) is 0 Å². The summed E-state index contributed by atoms with van der Waals surface area (Å²) < 4.78 is 32.7. The van der Waals surface area contributed by atoms with Crippen LogP contribution in [0, 0.1) is 0 Å². The number of phosphoric acid groups is 1. The van der Waals surface area contributed by atoms with Crippen molar-refractivity contribution >= 4 is 19.8 Å². The Morgan fingerprint density at radius 1 is 0.544 bits per heavy atom. The maximum absolute atomic E-state index is 12.6. The zero-order valence-electron chi connectivity index (χ0n) is 35.8. The third-order valence-electron chi connectivity index (χ3n) is 9.19. The third kappa shape index (κ3) is 41.6. The van der Waals surface area contributed by atoms with Crippen LogP contribution >= 0.6 is 7.82 Å². The van der Waals surface area contributed by atoms with E-state index in [0.29, 0.717) is 19.3 Å². The Morgan fingerprint density at radius 3 is 1.44 bits per heavy atom. The number of esters is 2. The number of carbonyl (C=O) groups excluding carboxylic acids is 2. The van der Waals surface area contributed by atoms with Crippen molar-refractivity contribution < 1.29 is 47.8 Å². The summed E-state index contributed by atoms with van der Waals surface area (Å²) in [6, 6.07) is 0. The van der Waals surface area contributed by atoms with E-state index in [-0.39, 0.29) is 19.4 Å². The summed E-state index contributed by atoms with van der Waals surface area (Å²) in [7, 11) is -4.63. The van der Waals surface area contributed by atoms with Crippen LogP contribution in [0.4, 0.5) is 0 Å². The van der Waals surface area contributed by atoms with Gasteiger partial charge < -0.3 is 24.6 Å². The molecular weight excluding hydrogens is 743 g/mol. The van der Waals surface area contributed by atoms with Crippen LogP contribution in [0.2, 0.25) is 0 Å². The van der Waals surface area contributed by atoms with Crippen LogP contribution in [0.5, 0.6) is 0 Å². The van der Waals surface area contributed by atoms with Gasteiger partial charge in [-0.15, -0.1) is 0 Å². The smallest absolute Gasteiger partial charge is 0.462 e. The van der Waals surface area contributed by atoms with Crippen molar-refractivity contribution in [2.24, 2.45) is 0 Å². The standard InChI is InChI=1S/C46H81O10P/c1-3-5-7-9-11-13-15-17-19-21-23-25-27-29-31-33-35-37-45(49)53-41-44(42-55-57(51,52)54-40-43(48)39-47)56-46(50)38-36-34-32-30-28-26-24-22-20-18-16-14-12-10-8-6-4-2/h6,8,12,14,18,20,24,26,30,32,43-44,47-48H,3-5,7,9-11,13,15-17,19,21-23,25,27-29,31,33-42H2,1-2H3,(H,51,52)/b8-6+,14-12+,20-18+,26-24+,32-30+/t43-,44+/m0/s1. The molecule has 0 radical (unpaired) electrons. The monoisotopic (exact) mass is 825 g/mol. The SMILES string of the molecule is CC/C=C/C/C=C/C/C=C/C/C=C/C/C=C/CCCC(=O)O[C@H](COC(=O)CCCCCCCCCCCCCCCCCCC)COP(=O)(O)OC[C@@H](O)CO. The number of ether oxygens (including phenoxy) is 2. The Balaban J connectivity index is 4.36. The molecule has 0 amide bonds. The molecule has 0 aliphatic rings. The first-order chi connectivity index (χ1) is 27.7. The maximum atomic E-state index is 12.6. The van der Waals surface area contributed by atoms with E-state index in [0.717, 1.165) is 51.4 Å². The molecule has 3 atom stereocenters. The average Bonchev–Trinajstić information content (AvgIpc) is 3.20. The van der Waals surface area contributed by atoms with E-state index >= 15 is 0 Å². The molecule has 1 unspecified atom stereocenters. The van der Waals surface area contributed by atoms with Gasteiger partial charge in [0.1, 0.15) is 12.7 Å². The predicted molar refractivity (Wildman–Crippen MR) is 233 cm³/mol. The number of unbranched alkanes of at least 4 members (excludes halogenated alkanes) is 17. The zero-order valence-corrected chi connectivity index (χ0v) is 36.7. The Hall–Kier alpha value is -2.33. The molecule has 0 aromatic carbocycles. The Morgan fingerprint density at radius 2 is 0.965 bits per heavy atom. The molecule has 0 aliphatic carbocycles. The summed E-state index contributed by atoms with van der Waals surface area (Å²) in [6.07, 6.45) is 46.2. The number of carbonyl (C=O) groups is 2. The van der Waals surface area contributed by atoms with Crippen LogP contribution < -0.4 is 0 Å². The van der Waals surface area contributed by atoms with Crippen LogP contribution in [0.15, 0.2) is 60.8 Å². The van der Waals surface area contributed by atoms with Gasteiger partial charge in [-0.3, -0.25) is 18.6 Å². The quantitative estimate of drug-likeness (QED) is 0.0235. The molecule has 11 heteroatoms. The Labute approximate surface area is 346 Å². The highest BCUT2D eigenvalue weighted by Crippen LogP contribution is 2.43. The first-order valence-corrected chi connectivity index (χ1v) is 23.7. The molecule has 0 saturated heterocycles. The van der Waals surface area contributed by atoms with Gasteiger partial charge in [0.2, 0.25) is 0 Å². The first kappa shape index (κ1) is 54.7. The topological polar surface area (TPSA) is 149 Å². The minimum absolute atomic E-state index is 0.105. The van der Waals surface area contributed by atoms with Gasteiger partial charge in [-0.2, -0.15) is 0 Å². The van der Waals surface area contributed by atoms with Gasteiger partial charge in [-0.25, -0.2) is 4.57 Å². The summed E-state index contributed by atoms with van der Waals surface area (Å²) in [6.45, 7) is 2.21. The number of rotatable bonds is 41. The number of hydrogen-bond acceptors (Lipinski definition) is 9. The fraction of sp³-hybridized carbons (Fsp3) is 0.739. The lowest BCUT2D eigenvalue weighted by Crippen LogP contribution is -2.29. The van der Waals surface area contributed by atoms with E-state index in [4.69, 9.17) is 19.1 Å². The minimum atomic E-state index is -4.63. The van der Waals surface area contributed by atoms with Gasteiger partial charge in [0, 0.05) is 12.8 Å². The van der Waals surface area contributed by atoms with Gasteiger partial charge in [0.05, 0.1) is 19.8 Å². The molecule has 0 fully saturated rings. The second-order valence-electron chi connectivity index (χ2n) is 14.7. The van der Waals surface area contributed by atoms with Crippen molar-refractivity contribution in [2.45, 2.75) is 193 Å². The zero-order chi connectivity index (χ0) is 41.9. The Bertz CT molecular complexity index is 1130. The second-order valence-corrected chi connectivity index (χ2v) is 16.2. The van der Waals surface area contributed by atoms with Crippen molar-refractivity contribution in [1.82, 2.24) is 0 Å². The molecule has 0 aliphatic heterocycles. The van der Waals surface area contributed by atoms with Crippen molar-refractivity contribution in [3.05, 3.63) is 60.8 Å². The average molecular weight is 825 g/mol. The van der Waals surface area contributed by atoms with Gasteiger partial charge in [0.25, 0.3) is 0 Å². The van der Waals surface area contributed by atoms with E-state index < -0.39 is 51.8 Å². The largest absolute Gasteiger partial charge is 0.472 e. The van der Waals surface area contributed by atoms with Crippen LogP contribution in [-0.2, 0) is 32.7 Å². The Kier molecular flexibility index (Phi) is 40.1. The molecule has 0 saturated carbocycles. The lowest BCUT2D eigenvalue weighted by atomic mass is 10.0. The molecule has 0 spiro atoms. The van der Waals surface area contributed by atoms with Gasteiger partial charge >= 0.3 is 19.8 Å². The maximum Gasteiger partial charge on any atom is 0.472 e. The normalized spacial score (nSPS) is 14.4. The van der Waals surface area contributed by atoms with Gasteiger partial charge in [-0.05, 0) is 51.4 Å². The number of phosphoric ester groups is 1. The van der Waals surface area contributed by atoms with E-state index in [1.807, 2.05) is 12.2 Å². The summed E-state index contributed by atoms with van der Waals surface area (Å²) in [4.78, 5) is 35.0. The van der Waals surface area contributed by atoms with Crippen molar-refractivity contribution in [3.63, 3.8) is 0 Å². The van der Waals surface area contributed by atoms with Crippen molar-refractivity contribution in [2.75, 3.05) is 26.4 Å². The summed E-state index contributed by atoms with van der Waals surface area (Å²) in [5, 5.41) is 18.3. The van der Waals surface area contributed by atoms with E-state index in [9.17, 15) is 24.2 Å². The molecule has 3 N–H and O–H groups in total. The van der Waals surface area contributed by atoms with Crippen LogP contribution in [0.1, 0.15) is 181 Å². The first-order valence-electron chi connectivity index (χ1n) is 22.2. The predicted octanol–water partition coefficient (Wildman–Crippen LogP) is 11.9. The van der Waals surface area contributed by atoms with Gasteiger partial charge in [-0.1, -0.05) is 177 Å². The number of allylic oxidation sites excluding steroid dienone is 10. The number of aliphatic hydroxyl groups excluding tert-OH is 2. The number of aliphatic hydroxyl groups is 2. The summed E-state index contributed by atoms with van der Waals surface area (Å²) in [5.41, 5.74) is 0. The molecule has 0 bridgehead atoms. The van der Waals surface area contributed by atoms with E-state index in [1.54, 1.807) is 0 Å². The van der Waals surface area contributed by atoms with Gasteiger partial charge in [0.15, 0.2) is 6.10 Å². The highest BCUT2D eigenvalue weighted by atomic mass is 31.2. The fourth-order valence-electron chi connectivity index (χ4n) is 5.79. The third-order valence-corrected chi connectivity index (χ3v) is 10.1. The van der Waals surface area contributed by atoms with Crippen molar-refractivity contribution in [1.29, 1.82) is 0 Å². The van der Waals surface area contributed by atoms with E-state index in [2.05, 4.69) is 67.0 Å². The van der Waals surface area contributed by atoms with Crippen LogP contribution in [-0.4, -0.2) is 65.7 Å². The summed E-state index contributed by atoms with van der Waals surface area (Å²) >= 11 is 0. The lowest BCUT2D eigenvalue weighted by molar-refractivity contribution is -0.161. The van der Waals surface area contributed by atoms with E-state index in [1.165, 1.54) is 83.5 Å². The molecule has 0 heterocycles. The highest BCUT2D eigenvalue weighted by molar-refractivity contribution is 7.47. The fourth-order valence-corrected chi connectivity index (χ4v) is 6.58. The highest BCUT2D eigenvalue weighted by Gasteiger charge is 2.27. The number of hydrogen-bond donors (Lipinski definition) is 3.